The molecule has 0 bridgehead atoms. The van der Waals surface area contributed by atoms with Gasteiger partial charge in [-0.3, -0.25) is 10.4 Å². The van der Waals surface area contributed by atoms with E-state index in [0.717, 1.165) is 5.39 Å². The molecule has 0 saturated carbocycles. The molecule has 8 nitrogen and oxygen atoms in total. The number of methoxy groups -OCH3 is 1. The molecule has 1 atom stereocenters. The summed E-state index contributed by atoms with van der Waals surface area (Å²) in [6.07, 6.45) is -0.166. The second-order valence-corrected chi connectivity index (χ2v) is 5.57. The van der Waals surface area contributed by atoms with Gasteiger partial charge in [0.1, 0.15) is 5.75 Å². The van der Waals surface area contributed by atoms with Gasteiger partial charge in [0.2, 0.25) is 0 Å². The lowest BCUT2D eigenvalue weighted by atomic mass is 10.2. The van der Waals surface area contributed by atoms with Crippen LogP contribution in [-0.4, -0.2) is 41.5 Å². The first-order valence-electron chi connectivity index (χ1n) is 7.74. The van der Waals surface area contributed by atoms with Crippen molar-refractivity contribution in [3.8, 4) is 5.75 Å². The lowest BCUT2D eigenvalue weighted by molar-refractivity contribution is -0.148. The first-order chi connectivity index (χ1) is 11.4. The molecular weight excluding hydrogens is 312 g/mol. The van der Waals surface area contributed by atoms with Crippen LogP contribution in [0.25, 0.3) is 10.9 Å². The number of carbonyl (C=O) groups is 2. The fourth-order valence-electron chi connectivity index (χ4n) is 2.17. The standard InChI is InChI=1S/C16H22N4O4/c1-5-13(15(21)23-4)24-10-6-7-11-12(8-10)19-20-14(11)18-16(22)17-9(2)3/h6-9,13H,5H2,1-4H3,(H3,17,18,19,20,22). The van der Waals surface area contributed by atoms with E-state index in [1.54, 1.807) is 18.2 Å². The maximum absolute atomic E-state index is 11.8. The van der Waals surface area contributed by atoms with E-state index in [1.807, 2.05) is 20.8 Å². The van der Waals surface area contributed by atoms with Crippen molar-refractivity contribution in [2.45, 2.75) is 39.3 Å². The van der Waals surface area contributed by atoms with Crippen LogP contribution in [0, 0.1) is 0 Å². The molecule has 24 heavy (non-hydrogen) atoms. The van der Waals surface area contributed by atoms with Gasteiger partial charge in [-0.15, -0.1) is 0 Å². The Labute approximate surface area is 139 Å². The predicted molar refractivity (Wildman–Crippen MR) is 90.1 cm³/mol. The van der Waals surface area contributed by atoms with E-state index in [1.165, 1.54) is 7.11 Å². The quantitative estimate of drug-likeness (QED) is 0.704. The molecule has 0 spiro atoms. The highest BCUT2D eigenvalue weighted by Crippen LogP contribution is 2.25. The van der Waals surface area contributed by atoms with Crippen LogP contribution in [0.5, 0.6) is 5.75 Å². The van der Waals surface area contributed by atoms with Crippen molar-refractivity contribution >= 4 is 28.7 Å². The summed E-state index contributed by atoms with van der Waals surface area (Å²) < 4.78 is 10.3. The largest absolute Gasteiger partial charge is 0.479 e. The molecular formula is C16H22N4O4. The van der Waals surface area contributed by atoms with Crippen molar-refractivity contribution in [3.63, 3.8) is 0 Å². The summed E-state index contributed by atoms with van der Waals surface area (Å²) in [7, 11) is 1.33. The number of H-pyrrole nitrogens is 1. The van der Waals surface area contributed by atoms with Crippen LogP contribution in [0.15, 0.2) is 18.2 Å². The van der Waals surface area contributed by atoms with E-state index in [-0.39, 0.29) is 12.1 Å². The number of anilines is 1. The molecule has 8 heteroatoms. The van der Waals surface area contributed by atoms with Crippen LogP contribution in [0.2, 0.25) is 0 Å². The fraction of sp³-hybridized carbons (Fsp3) is 0.438. The second kappa shape index (κ2) is 7.67. The number of urea groups is 1. The smallest absolute Gasteiger partial charge is 0.347 e. The van der Waals surface area contributed by atoms with Crippen LogP contribution in [0.3, 0.4) is 0 Å². The Morgan fingerprint density at radius 3 is 2.71 bits per heavy atom. The van der Waals surface area contributed by atoms with Gasteiger partial charge in [0.05, 0.1) is 12.6 Å². The number of carbonyl (C=O) groups excluding carboxylic acids is 2. The first kappa shape index (κ1) is 17.6. The summed E-state index contributed by atoms with van der Waals surface area (Å²) in [5.41, 5.74) is 0.687. The molecule has 1 aromatic carbocycles. The van der Waals surface area contributed by atoms with E-state index in [0.29, 0.717) is 23.5 Å². The summed E-state index contributed by atoms with van der Waals surface area (Å²) in [4.78, 5) is 23.4. The number of hydrogen-bond donors (Lipinski definition) is 3. The van der Waals surface area contributed by atoms with Crippen LogP contribution < -0.4 is 15.4 Å². The number of ether oxygens (including phenoxy) is 2. The van der Waals surface area contributed by atoms with Crippen LogP contribution in [-0.2, 0) is 9.53 Å². The topological polar surface area (TPSA) is 105 Å². The highest BCUT2D eigenvalue weighted by Gasteiger charge is 2.19. The van der Waals surface area contributed by atoms with E-state index in [4.69, 9.17) is 9.47 Å². The zero-order valence-corrected chi connectivity index (χ0v) is 14.2. The molecule has 3 N–H and O–H groups in total. The Hall–Kier alpha value is -2.77. The van der Waals surface area contributed by atoms with E-state index < -0.39 is 12.1 Å². The number of benzene rings is 1. The van der Waals surface area contributed by atoms with Gasteiger partial charge in [-0.05, 0) is 32.4 Å². The first-order valence-corrected chi connectivity index (χ1v) is 7.74. The number of nitrogens with zero attached hydrogens (tertiary/aromatic N) is 1. The zero-order valence-electron chi connectivity index (χ0n) is 14.2. The molecule has 2 amide bonds. The van der Waals surface area contributed by atoms with Crippen LogP contribution in [0.4, 0.5) is 10.6 Å². The Balaban J connectivity index is 2.15. The third-order valence-corrected chi connectivity index (χ3v) is 3.30. The van der Waals surface area contributed by atoms with Gasteiger partial charge in [-0.1, -0.05) is 6.92 Å². The Bertz CT molecular complexity index is 726. The van der Waals surface area contributed by atoms with Gasteiger partial charge in [-0.25, -0.2) is 9.59 Å². The van der Waals surface area contributed by atoms with Gasteiger partial charge in [0.15, 0.2) is 11.9 Å². The summed E-state index contributed by atoms with van der Waals surface area (Å²) >= 11 is 0. The minimum atomic E-state index is -0.662. The maximum atomic E-state index is 11.8. The van der Waals surface area contributed by atoms with Crippen molar-refractivity contribution in [2.24, 2.45) is 0 Å². The molecule has 0 aliphatic carbocycles. The molecule has 0 radical (unpaired) electrons. The molecule has 1 aromatic heterocycles. The third kappa shape index (κ3) is 4.15. The maximum Gasteiger partial charge on any atom is 0.347 e. The van der Waals surface area contributed by atoms with Gasteiger partial charge < -0.3 is 14.8 Å². The summed E-state index contributed by atoms with van der Waals surface area (Å²) in [5, 5.41) is 13.1. The third-order valence-electron chi connectivity index (χ3n) is 3.30. The monoisotopic (exact) mass is 334 g/mol. The SMILES string of the molecule is CCC(Oc1ccc2c(NC(=O)NC(C)C)n[nH]c2c1)C(=O)OC. The number of amides is 2. The number of hydrogen-bond acceptors (Lipinski definition) is 5. The highest BCUT2D eigenvalue weighted by molar-refractivity contribution is 5.99. The van der Waals surface area contributed by atoms with Crippen molar-refractivity contribution in [1.29, 1.82) is 0 Å². The molecule has 0 aliphatic rings. The van der Waals surface area contributed by atoms with Gasteiger partial charge in [0, 0.05) is 17.5 Å². The zero-order chi connectivity index (χ0) is 17.7. The van der Waals surface area contributed by atoms with Gasteiger partial charge >= 0.3 is 12.0 Å². The molecule has 130 valence electrons. The summed E-state index contributed by atoms with van der Waals surface area (Å²) in [6.45, 7) is 5.58. The van der Waals surface area contributed by atoms with Crippen molar-refractivity contribution in [1.82, 2.24) is 15.5 Å². The Morgan fingerprint density at radius 2 is 2.08 bits per heavy atom. The molecule has 0 saturated heterocycles. The van der Waals surface area contributed by atoms with E-state index in [9.17, 15) is 9.59 Å². The fourth-order valence-corrected chi connectivity index (χ4v) is 2.17. The predicted octanol–water partition coefficient (Wildman–Crippen LogP) is 2.42. The number of fused-ring (bicyclic) bond motifs is 1. The molecule has 2 rings (SSSR count). The van der Waals surface area contributed by atoms with Crippen molar-refractivity contribution in [2.75, 3.05) is 12.4 Å². The normalized spacial score (nSPS) is 12.0. The Kier molecular flexibility index (Phi) is 5.62. The minimum absolute atomic E-state index is 0.0273. The number of esters is 1. The molecule has 2 aromatic rings. The summed E-state index contributed by atoms with van der Waals surface area (Å²) in [5.74, 6) is 0.520. The van der Waals surface area contributed by atoms with Gasteiger partial charge in [0.25, 0.3) is 0 Å². The number of rotatable bonds is 6. The lowest BCUT2D eigenvalue weighted by Gasteiger charge is -2.15. The van der Waals surface area contributed by atoms with Gasteiger partial charge in [-0.2, -0.15) is 5.10 Å². The highest BCUT2D eigenvalue weighted by atomic mass is 16.6. The van der Waals surface area contributed by atoms with E-state index in [2.05, 4.69) is 20.8 Å². The number of aromatic nitrogens is 2. The number of aromatic amines is 1. The van der Waals surface area contributed by atoms with Crippen LogP contribution >= 0.6 is 0 Å². The average molecular weight is 334 g/mol. The lowest BCUT2D eigenvalue weighted by Crippen LogP contribution is -2.34. The molecule has 1 heterocycles. The van der Waals surface area contributed by atoms with E-state index >= 15 is 0 Å². The Morgan fingerprint density at radius 1 is 1.33 bits per heavy atom. The molecule has 0 aliphatic heterocycles. The average Bonchev–Trinajstić information content (AvgIpc) is 2.93. The molecule has 0 fully saturated rings. The minimum Gasteiger partial charge on any atom is -0.479 e. The second-order valence-electron chi connectivity index (χ2n) is 5.57. The molecule has 1 unspecified atom stereocenters. The van der Waals surface area contributed by atoms with Crippen LogP contribution in [0.1, 0.15) is 27.2 Å². The number of nitrogens with one attached hydrogen (secondary N) is 3. The van der Waals surface area contributed by atoms with Crippen molar-refractivity contribution < 1.29 is 19.1 Å². The van der Waals surface area contributed by atoms with Crippen molar-refractivity contribution in [3.05, 3.63) is 18.2 Å². The summed E-state index contributed by atoms with van der Waals surface area (Å²) in [6, 6.07) is 4.91.